The second-order valence-electron chi connectivity index (χ2n) is 5.22. The van der Waals surface area contributed by atoms with Gasteiger partial charge in [-0.15, -0.1) is 0 Å². The molecule has 0 aromatic carbocycles. The van der Waals surface area contributed by atoms with Crippen molar-refractivity contribution in [3.8, 4) is 0 Å². The minimum Gasteiger partial charge on any atom is -0.463 e. The lowest BCUT2D eigenvalue weighted by atomic mass is 9.97. The summed E-state index contributed by atoms with van der Waals surface area (Å²) in [5, 5.41) is 0. The fourth-order valence-corrected chi connectivity index (χ4v) is 1.99. The van der Waals surface area contributed by atoms with Crippen molar-refractivity contribution in [2.24, 2.45) is 5.92 Å². The molecule has 1 heterocycles. The summed E-state index contributed by atoms with van der Waals surface area (Å²) in [6.07, 6.45) is 2.61. The van der Waals surface area contributed by atoms with Crippen molar-refractivity contribution in [3.05, 3.63) is 12.2 Å². The average Bonchev–Trinajstić information content (AvgIpc) is 2.37. The molecule has 0 radical (unpaired) electrons. The number of Topliss-reactive ketones (excluding diaryl/α,β-unsaturated/α-hetero) is 1. The van der Waals surface area contributed by atoms with E-state index in [2.05, 4.69) is 0 Å². The first-order chi connectivity index (χ1) is 9.79. The zero-order chi connectivity index (χ0) is 16.0. The van der Waals surface area contributed by atoms with Crippen LogP contribution in [0.25, 0.3) is 0 Å². The molecule has 6 nitrogen and oxygen atoms in total. The van der Waals surface area contributed by atoms with Gasteiger partial charge in [0.15, 0.2) is 0 Å². The average molecular weight is 298 g/mol. The van der Waals surface area contributed by atoms with Crippen LogP contribution in [-0.4, -0.2) is 42.6 Å². The van der Waals surface area contributed by atoms with Crippen molar-refractivity contribution >= 4 is 17.7 Å². The van der Waals surface area contributed by atoms with E-state index in [0.717, 1.165) is 0 Å². The highest BCUT2D eigenvalue weighted by molar-refractivity contribution is 5.77. The standard InChI is InChI=1S/C15H22O6/c1-9(10(2)16)7-13-5-6-14(20-12(4)18)15(21-13)8-19-11(3)17/h5-6,9,13-15H,7-8H2,1-4H3/t9-,13-,14-,15+/m0/s1. The summed E-state index contributed by atoms with van der Waals surface area (Å²) >= 11 is 0. The Bertz CT molecular complexity index is 428. The van der Waals surface area contributed by atoms with Gasteiger partial charge in [0.1, 0.15) is 24.6 Å². The SMILES string of the molecule is CC(=O)OC[C@H]1O[C@H](C[C@H](C)C(C)=O)C=C[C@@H]1OC(C)=O. The van der Waals surface area contributed by atoms with E-state index >= 15 is 0 Å². The number of ether oxygens (including phenoxy) is 3. The lowest BCUT2D eigenvalue weighted by Crippen LogP contribution is -2.42. The van der Waals surface area contributed by atoms with E-state index in [-0.39, 0.29) is 24.4 Å². The molecule has 0 bridgehead atoms. The van der Waals surface area contributed by atoms with E-state index in [9.17, 15) is 14.4 Å². The molecule has 0 saturated carbocycles. The van der Waals surface area contributed by atoms with Gasteiger partial charge in [0.2, 0.25) is 0 Å². The molecular formula is C15H22O6. The van der Waals surface area contributed by atoms with Gasteiger partial charge >= 0.3 is 11.9 Å². The Morgan fingerprint density at radius 3 is 2.33 bits per heavy atom. The molecule has 0 aliphatic carbocycles. The number of carbonyl (C=O) groups is 3. The highest BCUT2D eigenvalue weighted by atomic mass is 16.6. The second-order valence-corrected chi connectivity index (χ2v) is 5.22. The fourth-order valence-electron chi connectivity index (χ4n) is 1.99. The quantitative estimate of drug-likeness (QED) is 0.545. The molecule has 4 atom stereocenters. The minimum absolute atomic E-state index is 0.00255. The Hall–Kier alpha value is -1.69. The van der Waals surface area contributed by atoms with Crippen LogP contribution in [0.4, 0.5) is 0 Å². The number of hydrogen-bond donors (Lipinski definition) is 0. The van der Waals surface area contributed by atoms with Crippen LogP contribution in [0, 0.1) is 5.92 Å². The highest BCUT2D eigenvalue weighted by Crippen LogP contribution is 2.22. The Balaban J connectivity index is 2.70. The van der Waals surface area contributed by atoms with E-state index in [1.165, 1.54) is 20.8 Å². The van der Waals surface area contributed by atoms with Crippen molar-refractivity contribution in [2.75, 3.05) is 6.61 Å². The molecule has 0 N–H and O–H groups in total. The monoisotopic (exact) mass is 298 g/mol. The summed E-state index contributed by atoms with van der Waals surface area (Å²) in [4.78, 5) is 33.3. The Kier molecular flexibility index (Phi) is 6.55. The summed E-state index contributed by atoms with van der Waals surface area (Å²) in [5.41, 5.74) is 0. The number of carbonyl (C=O) groups excluding carboxylic acids is 3. The first-order valence-electron chi connectivity index (χ1n) is 6.94. The molecule has 6 heteroatoms. The third kappa shape index (κ3) is 6.08. The summed E-state index contributed by atoms with van der Waals surface area (Å²) in [6.45, 7) is 5.98. The summed E-state index contributed by atoms with van der Waals surface area (Å²) < 4.78 is 15.8. The van der Waals surface area contributed by atoms with E-state index in [1.54, 1.807) is 12.2 Å². The predicted molar refractivity (Wildman–Crippen MR) is 74.5 cm³/mol. The number of hydrogen-bond acceptors (Lipinski definition) is 6. The fraction of sp³-hybridized carbons (Fsp3) is 0.667. The van der Waals surface area contributed by atoms with Crippen LogP contribution in [0.15, 0.2) is 12.2 Å². The second kappa shape index (κ2) is 7.93. The van der Waals surface area contributed by atoms with Crippen molar-refractivity contribution in [1.29, 1.82) is 0 Å². The molecule has 118 valence electrons. The molecule has 21 heavy (non-hydrogen) atoms. The third-order valence-corrected chi connectivity index (χ3v) is 3.26. The molecule has 1 rings (SSSR count). The van der Waals surface area contributed by atoms with Crippen LogP contribution in [0.2, 0.25) is 0 Å². The van der Waals surface area contributed by atoms with Crippen molar-refractivity contribution in [2.45, 2.75) is 52.4 Å². The summed E-state index contributed by atoms with van der Waals surface area (Å²) in [7, 11) is 0. The van der Waals surface area contributed by atoms with Crippen LogP contribution in [0.3, 0.4) is 0 Å². The van der Waals surface area contributed by atoms with Crippen molar-refractivity contribution in [1.82, 2.24) is 0 Å². The normalized spacial score (nSPS) is 26.0. The zero-order valence-corrected chi connectivity index (χ0v) is 12.8. The Morgan fingerprint density at radius 1 is 1.14 bits per heavy atom. The third-order valence-electron chi connectivity index (χ3n) is 3.26. The smallest absolute Gasteiger partial charge is 0.303 e. The molecule has 0 saturated heterocycles. The van der Waals surface area contributed by atoms with Gasteiger partial charge in [0, 0.05) is 19.8 Å². The molecular weight excluding hydrogens is 276 g/mol. The first kappa shape index (κ1) is 17.4. The van der Waals surface area contributed by atoms with Crippen LogP contribution >= 0.6 is 0 Å². The number of ketones is 1. The number of esters is 2. The predicted octanol–water partition coefficient (Wildman–Crippen LogP) is 1.42. The molecule has 0 spiro atoms. The van der Waals surface area contributed by atoms with Gasteiger partial charge < -0.3 is 14.2 Å². The van der Waals surface area contributed by atoms with Gasteiger partial charge in [0.25, 0.3) is 0 Å². The van der Waals surface area contributed by atoms with Crippen LogP contribution in [0.1, 0.15) is 34.1 Å². The molecule has 0 aromatic heterocycles. The molecule has 0 fully saturated rings. The summed E-state index contributed by atoms with van der Waals surface area (Å²) in [6, 6.07) is 0. The van der Waals surface area contributed by atoms with Crippen molar-refractivity contribution < 1.29 is 28.6 Å². The first-order valence-corrected chi connectivity index (χ1v) is 6.94. The Morgan fingerprint density at radius 2 is 1.81 bits per heavy atom. The molecule has 0 amide bonds. The van der Waals surface area contributed by atoms with E-state index in [0.29, 0.717) is 6.42 Å². The van der Waals surface area contributed by atoms with Gasteiger partial charge in [-0.1, -0.05) is 13.0 Å². The lowest BCUT2D eigenvalue weighted by Gasteiger charge is -2.32. The van der Waals surface area contributed by atoms with Crippen LogP contribution < -0.4 is 0 Å². The topological polar surface area (TPSA) is 78.9 Å². The number of rotatable bonds is 6. The maximum atomic E-state index is 11.3. The van der Waals surface area contributed by atoms with Gasteiger partial charge in [-0.3, -0.25) is 14.4 Å². The Labute approximate surface area is 124 Å². The molecule has 1 aliphatic rings. The maximum absolute atomic E-state index is 11.3. The van der Waals surface area contributed by atoms with Gasteiger partial charge in [0.05, 0.1) is 6.10 Å². The van der Waals surface area contributed by atoms with E-state index in [4.69, 9.17) is 14.2 Å². The van der Waals surface area contributed by atoms with Crippen LogP contribution in [-0.2, 0) is 28.6 Å². The largest absolute Gasteiger partial charge is 0.463 e. The molecule has 1 aliphatic heterocycles. The van der Waals surface area contributed by atoms with Gasteiger partial charge in [-0.05, 0) is 19.4 Å². The highest BCUT2D eigenvalue weighted by Gasteiger charge is 2.31. The lowest BCUT2D eigenvalue weighted by molar-refractivity contribution is -0.164. The van der Waals surface area contributed by atoms with Crippen molar-refractivity contribution in [3.63, 3.8) is 0 Å². The molecule has 0 unspecified atom stereocenters. The van der Waals surface area contributed by atoms with Crippen LogP contribution in [0.5, 0.6) is 0 Å². The maximum Gasteiger partial charge on any atom is 0.303 e. The minimum atomic E-state index is -0.592. The van der Waals surface area contributed by atoms with E-state index < -0.39 is 24.1 Å². The van der Waals surface area contributed by atoms with Gasteiger partial charge in [-0.2, -0.15) is 0 Å². The van der Waals surface area contributed by atoms with E-state index in [1.807, 2.05) is 6.92 Å². The zero-order valence-electron chi connectivity index (χ0n) is 12.8. The summed E-state index contributed by atoms with van der Waals surface area (Å²) in [5.74, 6) is -0.898. The molecule has 0 aromatic rings. The van der Waals surface area contributed by atoms with Gasteiger partial charge in [-0.25, -0.2) is 0 Å².